The van der Waals surface area contributed by atoms with Gasteiger partial charge in [0.15, 0.2) is 5.82 Å². The topological polar surface area (TPSA) is 105 Å². The lowest BCUT2D eigenvalue weighted by atomic mass is 10.1. The molecule has 2 heterocycles. The first kappa shape index (κ1) is 27.4. The van der Waals surface area contributed by atoms with Crippen molar-refractivity contribution in [2.45, 2.75) is 6.54 Å². The van der Waals surface area contributed by atoms with Gasteiger partial charge < -0.3 is 4.74 Å². The third-order valence-corrected chi connectivity index (χ3v) is 8.38. The number of methoxy groups -OCH3 is 1. The van der Waals surface area contributed by atoms with Crippen LogP contribution in [0.25, 0.3) is 39.6 Å². The number of nitrogens with zero attached hydrogens (tertiary/aromatic N) is 6. The monoisotopic (exact) mass is 596 g/mol. The molecule has 0 radical (unpaired) electrons. The highest BCUT2D eigenvalue weighted by molar-refractivity contribution is 7.90. The average molecular weight is 597 g/mol. The van der Waals surface area contributed by atoms with Gasteiger partial charge in [0, 0.05) is 21.5 Å². The average Bonchev–Trinajstić information content (AvgIpc) is 3.63. The predicted octanol–water partition coefficient (Wildman–Crippen LogP) is 5.96. The van der Waals surface area contributed by atoms with Crippen molar-refractivity contribution in [2.75, 3.05) is 12.9 Å². The summed E-state index contributed by atoms with van der Waals surface area (Å²) in [4.78, 5) is 0. The molecule has 0 spiro atoms. The Kier molecular flexibility index (Phi) is 7.56. The highest BCUT2D eigenvalue weighted by atomic mass is 35.5. The van der Waals surface area contributed by atoms with Crippen molar-refractivity contribution in [3.63, 3.8) is 0 Å². The fourth-order valence-corrected chi connectivity index (χ4v) is 5.99. The highest BCUT2D eigenvalue weighted by Crippen LogP contribution is 2.30. The molecule has 0 saturated carbocycles. The Morgan fingerprint density at radius 2 is 1.67 bits per heavy atom. The van der Waals surface area contributed by atoms with Crippen molar-refractivity contribution >= 4 is 38.6 Å². The summed E-state index contributed by atoms with van der Waals surface area (Å²) >= 11 is 6.04. The van der Waals surface area contributed by atoms with Crippen LogP contribution in [0, 0.1) is 0 Å². The molecule has 0 unspecified atom stereocenters. The smallest absolute Gasteiger partial charge is 0.257 e. The van der Waals surface area contributed by atoms with Crippen LogP contribution in [0.2, 0.25) is 5.02 Å². The fourth-order valence-electron chi connectivity index (χ4n) is 4.65. The second-order valence-electron chi connectivity index (χ2n) is 9.53. The SMILES string of the molecule is COc1ccc(Cn2nnnc2-c2ccc(-c3nn(S(=O)(=O)CC=Cc4cccc(Cl)c4)c4ccccc34)cc2)cc1. The first-order chi connectivity index (χ1) is 20.4. The van der Waals surface area contributed by atoms with Crippen molar-refractivity contribution in [1.29, 1.82) is 0 Å². The minimum atomic E-state index is -3.79. The first-order valence-corrected chi connectivity index (χ1v) is 15.0. The number of rotatable bonds is 9. The Morgan fingerprint density at radius 3 is 2.43 bits per heavy atom. The molecule has 6 aromatic rings. The molecule has 0 N–H and O–H groups in total. The zero-order valence-corrected chi connectivity index (χ0v) is 24.1. The van der Waals surface area contributed by atoms with Crippen LogP contribution in [0.4, 0.5) is 0 Å². The molecule has 0 bridgehead atoms. The maximum atomic E-state index is 13.4. The minimum Gasteiger partial charge on any atom is -0.497 e. The van der Waals surface area contributed by atoms with Gasteiger partial charge in [0.25, 0.3) is 10.0 Å². The lowest BCUT2D eigenvalue weighted by Gasteiger charge is -2.07. The number of benzene rings is 4. The van der Waals surface area contributed by atoms with Gasteiger partial charge in [0.05, 0.1) is 24.9 Å². The van der Waals surface area contributed by atoms with Crippen molar-refractivity contribution < 1.29 is 13.2 Å². The lowest BCUT2D eigenvalue weighted by molar-refractivity contribution is 0.414. The van der Waals surface area contributed by atoms with Crippen LogP contribution < -0.4 is 4.74 Å². The summed E-state index contributed by atoms with van der Waals surface area (Å²) in [5.74, 6) is 1.17. The molecule has 0 aliphatic heterocycles. The molecular weight excluding hydrogens is 572 g/mol. The van der Waals surface area contributed by atoms with Gasteiger partial charge in [-0.25, -0.2) is 13.1 Å². The molecule has 0 aliphatic carbocycles. The number of hydrogen-bond donors (Lipinski definition) is 0. The molecule has 0 saturated heterocycles. The van der Waals surface area contributed by atoms with Gasteiger partial charge >= 0.3 is 0 Å². The van der Waals surface area contributed by atoms with E-state index in [1.165, 1.54) is 0 Å². The summed E-state index contributed by atoms with van der Waals surface area (Å²) in [6.07, 6.45) is 3.33. The molecule has 2 aromatic heterocycles. The van der Waals surface area contributed by atoms with E-state index in [1.807, 2.05) is 72.8 Å². The molecule has 0 amide bonds. The Balaban J connectivity index is 1.27. The molecule has 6 rings (SSSR count). The normalized spacial score (nSPS) is 11.9. The van der Waals surface area contributed by atoms with Gasteiger partial charge in [-0.05, 0) is 51.9 Å². The molecular formula is C31H25ClN6O3S. The quantitative estimate of drug-likeness (QED) is 0.203. The van der Waals surface area contributed by atoms with Crippen molar-refractivity contribution in [3.8, 4) is 28.4 Å². The molecule has 11 heteroatoms. The van der Waals surface area contributed by atoms with Crippen molar-refractivity contribution in [3.05, 3.63) is 119 Å². The van der Waals surface area contributed by atoms with Crippen LogP contribution >= 0.6 is 11.6 Å². The zero-order valence-electron chi connectivity index (χ0n) is 22.5. The molecule has 0 aliphatic rings. The number of tetrazole rings is 1. The number of halogens is 1. The van der Waals surface area contributed by atoms with Crippen LogP contribution in [0.1, 0.15) is 11.1 Å². The summed E-state index contributed by atoms with van der Waals surface area (Å²) in [6, 6.07) is 29.8. The maximum Gasteiger partial charge on any atom is 0.257 e. The van der Waals surface area contributed by atoms with E-state index in [1.54, 1.807) is 48.2 Å². The second kappa shape index (κ2) is 11.6. The fraction of sp³-hybridized carbons (Fsp3) is 0.0968. The zero-order chi connectivity index (χ0) is 29.1. The van der Waals surface area contributed by atoms with Gasteiger partial charge in [-0.2, -0.15) is 9.19 Å². The van der Waals surface area contributed by atoms with E-state index in [0.717, 1.165) is 37.5 Å². The van der Waals surface area contributed by atoms with E-state index in [9.17, 15) is 8.42 Å². The number of aromatic nitrogens is 6. The molecule has 4 aromatic carbocycles. The van der Waals surface area contributed by atoms with Gasteiger partial charge in [-0.1, -0.05) is 90.5 Å². The van der Waals surface area contributed by atoms with Gasteiger partial charge in [0.1, 0.15) is 11.4 Å². The Labute approximate surface area is 247 Å². The Morgan fingerprint density at radius 1 is 0.905 bits per heavy atom. The highest BCUT2D eigenvalue weighted by Gasteiger charge is 2.21. The standard InChI is InChI=1S/C31H25ClN6O3S/c1-41-27-17-11-23(12-18-27)21-37-31(33-35-36-37)25-15-13-24(14-16-25)30-28-9-2-3-10-29(28)38(34-30)42(39,40)19-5-7-22-6-4-8-26(32)20-22/h2-18,20H,19,21H2,1H3. The summed E-state index contributed by atoms with van der Waals surface area (Å²) in [6.45, 7) is 0.493. The van der Waals surface area contributed by atoms with Crippen LogP contribution in [0.5, 0.6) is 5.75 Å². The summed E-state index contributed by atoms with van der Waals surface area (Å²) in [7, 11) is -2.16. The van der Waals surface area contributed by atoms with Gasteiger partial charge in [0.2, 0.25) is 0 Å². The summed E-state index contributed by atoms with van der Waals surface area (Å²) < 4.78 is 34.8. The van der Waals surface area contributed by atoms with E-state index in [-0.39, 0.29) is 5.75 Å². The first-order valence-electron chi connectivity index (χ1n) is 13.0. The summed E-state index contributed by atoms with van der Waals surface area (Å²) in [5, 5.41) is 18.1. The van der Waals surface area contributed by atoms with E-state index >= 15 is 0 Å². The number of hydrogen-bond acceptors (Lipinski definition) is 7. The van der Waals surface area contributed by atoms with Crippen LogP contribution in [0.15, 0.2) is 103 Å². The Hall–Kier alpha value is -4.80. The largest absolute Gasteiger partial charge is 0.497 e. The van der Waals surface area contributed by atoms with Crippen LogP contribution in [-0.2, 0) is 16.6 Å². The van der Waals surface area contributed by atoms with Crippen molar-refractivity contribution in [1.82, 2.24) is 29.4 Å². The van der Waals surface area contributed by atoms with Gasteiger partial charge in [-0.3, -0.25) is 0 Å². The van der Waals surface area contributed by atoms with E-state index < -0.39 is 10.0 Å². The van der Waals surface area contributed by atoms with E-state index in [4.69, 9.17) is 16.3 Å². The molecule has 9 nitrogen and oxygen atoms in total. The maximum absolute atomic E-state index is 13.4. The molecule has 210 valence electrons. The van der Waals surface area contributed by atoms with Crippen molar-refractivity contribution in [2.24, 2.45) is 0 Å². The molecule has 42 heavy (non-hydrogen) atoms. The van der Waals surface area contributed by atoms with Crippen LogP contribution in [-0.4, -0.2) is 50.7 Å². The number of ether oxygens (including phenoxy) is 1. The van der Waals surface area contributed by atoms with E-state index in [2.05, 4.69) is 20.6 Å². The van der Waals surface area contributed by atoms with E-state index in [0.29, 0.717) is 28.6 Å². The molecule has 0 atom stereocenters. The third kappa shape index (κ3) is 5.67. The van der Waals surface area contributed by atoms with Gasteiger partial charge in [-0.15, -0.1) is 5.10 Å². The minimum absolute atomic E-state index is 0.222. The predicted molar refractivity (Wildman–Crippen MR) is 164 cm³/mol. The third-order valence-electron chi connectivity index (χ3n) is 6.73. The number of fused-ring (bicyclic) bond motifs is 1. The molecule has 0 fully saturated rings. The van der Waals surface area contributed by atoms with Crippen LogP contribution in [0.3, 0.4) is 0 Å². The summed E-state index contributed by atoms with van der Waals surface area (Å²) in [5.41, 5.74) is 4.52. The Bertz CT molecular complexity index is 2000. The number of para-hydroxylation sites is 1. The second-order valence-corrected chi connectivity index (χ2v) is 11.8. The lowest BCUT2D eigenvalue weighted by Crippen LogP contribution is -2.16.